The summed E-state index contributed by atoms with van der Waals surface area (Å²) in [7, 11) is 0. The summed E-state index contributed by atoms with van der Waals surface area (Å²) in [6.45, 7) is -0.557. The fourth-order valence-electron chi connectivity index (χ4n) is 2.28. The summed E-state index contributed by atoms with van der Waals surface area (Å²) in [5.74, 6) is -2.29. The predicted molar refractivity (Wildman–Crippen MR) is 94.3 cm³/mol. The molecule has 126 valence electrons. The molecule has 0 aliphatic heterocycles. The number of pyridine rings is 2. The molecule has 0 aliphatic rings. The van der Waals surface area contributed by atoms with Crippen molar-refractivity contribution >= 4 is 38.7 Å². The lowest BCUT2D eigenvalue weighted by Gasteiger charge is -2.08. The highest BCUT2D eigenvalue weighted by atomic mass is 79.9. The first kappa shape index (κ1) is 16.8. The van der Waals surface area contributed by atoms with Crippen LogP contribution in [0.1, 0.15) is 10.5 Å². The van der Waals surface area contributed by atoms with Crippen molar-refractivity contribution < 1.29 is 19.8 Å². The van der Waals surface area contributed by atoms with Gasteiger partial charge in [0.15, 0.2) is 11.4 Å². The molecule has 25 heavy (non-hydrogen) atoms. The van der Waals surface area contributed by atoms with Crippen LogP contribution in [0.2, 0.25) is 0 Å². The third-order valence-corrected chi connectivity index (χ3v) is 4.00. The van der Waals surface area contributed by atoms with Crippen LogP contribution in [0.3, 0.4) is 0 Å². The fraction of sp³-hybridized carbons (Fsp3) is 0.0588. The van der Waals surface area contributed by atoms with Gasteiger partial charge in [-0.25, -0.2) is 9.97 Å². The quantitative estimate of drug-likeness (QED) is 0.619. The molecule has 8 heteroatoms. The van der Waals surface area contributed by atoms with Crippen LogP contribution in [0.5, 0.6) is 5.75 Å². The van der Waals surface area contributed by atoms with Crippen molar-refractivity contribution in [1.82, 2.24) is 15.3 Å². The molecule has 2 heterocycles. The second-order valence-corrected chi connectivity index (χ2v) is 6.08. The van der Waals surface area contributed by atoms with Crippen LogP contribution >= 0.6 is 15.9 Å². The summed E-state index contributed by atoms with van der Waals surface area (Å²) in [4.78, 5) is 30.8. The van der Waals surface area contributed by atoms with E-state index in [0.29, 0.717) is 16.6 Å². The number of carbonyl (C=O) groups excluding carboxylic acids is 1. The Balaban J connectivity index is 1.97. The van der Waals surface area contributed by atoms with E-state index in [1.807, 2.05) is 24.3 Å². The first-order chi connectivity index (χ1) is 12.0. The lowest BCUT2D eigenvalue weighted by Crippen LogP contribution is -2.29. The molecule has 0 radical (unpaired) electrons. The Morgan fingerprint density at radius 1 is 1.12 bits per heavy atom. The predicted octanol–water partition coefficient (Wildman–Crippen LogP) is 2.58. The number of halogens is 1. The largest absolute Gasteiger partial charge is 0.505 e. The number of rotatable bonds is 4. The second-order valence-electron chi connectivity index (χ2n) is 5.17. The number of amides is 1. The van der Waals surface area contributed by atoms with Crippen LogP contribution < -0.4 is 5.32 Å². The van der Waals surface area contributed by atoms with Crippen molar-refractivity contribution in [3.63, 3.8) is 0 Å². The van der Waals surface area contributed by atoms with E-state index in [4.69, 9.17) is 5.11 Å². The molecule has 3 rings (SSSR count). The maximum absolute atomic E-state index is 11.9. The molecule has 0 atom stereocenters. The lowest BCUT2D eigenvalue weighted by molar-refractivity contribution is -0.135. The summed E-state index contributed by atoms with van der Waals surface area (Å²) in [6, 6.07) is 11.0. The molecule has 1 amide bonds. The maximum atomic E-state index is 11.9. The van der Waals surface area contributed by atoms with E-state index in [-0.39, 0.29) is 11.4 Å². The number of aliphatic carboxylic acids is 1. The number of carboxylic acids is 1. The van der Waals surface area contributed by atoms with Gasteiger partial charge in [-0.2, -0.15) is 0 Å². The Hall–Kier alpha value is -3.00. The SMILES string of the molecule is O=C(O)CNC(=O)c1ncc2nc(-c3ccc(Br)cc3)ccc2c1O. The van der Waals surface area contributed by atoms with Crippen LogP contribution in [0.25, 0.3) is 22.2 Å². The maximum Gasteiger partial charge on any atom is 0.322 e. The Morgan fingerprint density at radius 2 is 1.84 bits per heavy atom. The molecule has 0 bridgehead atoms. The van der Waals surface area contributed by atoms with Gasteiger partial charge in [-0.3, -0.25) is 9.59 Å². The number of carboxylic acid groups (broad SMARTS) is 1. The molecular formula is C17H12BrN3O4. The number of benzene rings is 1. The summed E-state index contributed by atoms with van der Waals surface area (Å²) in [5.41, 5.74) is 1.77. The first-order valence-electron chi connectivity index (χ1n) is 7.20. The van der Waals surface area contributed by atoms with Crippen LogP contribution in [0, 0.1) is 0 Å². The van der Waals surface area contributed by atoms with E-state index in [2.05, 4.69) is 31.2 Å². The van der Waals surface area contributed by atoms with Gasteiger partial charge in [0.1, 0.15) is 6.54 Å². The zero-order valence-corrected chi connectivity index (χ0v) is 14.3. The van der Waals surface area contributed by atoms with Crippen LogP contribution in [-0.2, 0) is 4.79 Å². The van der Waals surface area contributed by atoms with Crippen molar-refractivity contribution in [1.29, 1.82) is 0 Å². The Kier molecular flexibility index (Phi) is 4.62. The molecule has 0 saturated heterocycles. The molecule has 0 fully saturated rings. The highest BCUT2D eigenvalue weighted by Gasteiger charge is 2.17. The van der Waals surface area contributed by atoms with Gasteiger partial charge >= 0.3 is 5.97 Å². The number of hydrogen-bond donors (Lipinski definition) is 3. The van der Waals surface area contributed by atoms with Crippen molar-refractivity contribution in [3.05, 3.63) is 52.8 Å². The summed E-state index contributed by atoms with van der Waals surface area (Å²) < 4.78 is 0.952. The van der Waals surface area contributed by atoms with Gasteiger partial charge in [-0.1, -0.05) is 28.1 Å². The van der Waals surface area contributed by atoms with Gasteiger partial charge in [0.05, 0.1) is 17.4 Å². The van der Waals surface area contributed by atoms with Crippen LogP contribution in [-0.4, -0.2) is 38.6 Å². The minimum Gasteiger partial charge on any atom is -0.505 e. The smallest absolute Gasteiger partial charge is 0.322 e. The lowest BCUT2D eigenvalue weighted by atomic mass is 10.1. The molecule has 3 aromatic rings. The number of hydrogen-bond acceptors (Lipinski definition) is 5. The van der Waals surface area contributed by atoms with Crippen molar-refractivity contribution in [2.45, 2.75) is 0 Å². The monoisotopic (exact) mass is 401 g/mol. The number of nitrogens with zero attached hydrogens (tertiary/aromatic N) is 2. The number of carbonyl (C=O) groups is 2. The molecule has 0 spiro atoms. The van der Waals surface area contributed by atoms with Gasteiger partial charge in [0.25, 0.3) is 5.91 Å². The third-order valence-electron chi connectivity index (χ3n) is 3.48. The zero-order valence-electron chi connectivity index (χ0n) is 12.7. The molecule has 0 aliphatic carbocycles. The second kappa shape index (κ2) is 6.86. The minimum atomic E-state index is -1.19. The van der Waals surface area contributed by atoms with E-state index in [9.17, 15) is 14.7 Å². The molecule has 0 unspecified atom stereocenters. The molecule has 1 aromatic carbocycles. The van der Waals surface area contributed by atoms with E-state index in [1.54, 1.807) is 12.1 Å². The van der Waals surface area contributed by atoms with E-state index >= 15 is 0 Å². The standard InChI is InChI=1S/C17H12BrN3O4/c18-10-3-1-9(2-4-10)12-6-5-11-13(21-12)7-19-15(16(11)24)17(25)20-8-14(22)23/h1-7,24H,8H2,(H,20,25)(H,22,23). The molecule has 7 nitrogen and oxygen atoms in total. The number of aromatic nitrogens is 2. The number of nitrogens with one attached hydrogen (secondary N) is 1. The Labute approximate surface area is 150 Å². The highest BCUT2D eigenvalue weighted by Crippen LogP contribution is 2.29. The third kappa shape index (κ3) is 3.58. The van der Waals surface area contributed by atoms with E-state index < -0.39 is 18.4 Å². The first-order valence-corrected chi connectivity index (χ1v) is 7.99. The van der Waals surface area contributed by atoms with E-state index in [1.165, 1.54) is 6.20 Å². The Morgan fingerprint density at radius 3 is 2.52 bits per heavy atom. The van der Waals surface area contributed by atoms with Gasteiger partial charge in [0.2, 0.25) is 0 Å². The summed E-state index contributed by atoms with van der Waals surface area (Å²) in [6.07, 6.45) is 1.37. The molecule has 2 aromatic heterocycles. The van der Waals surface area contributed by atoms with Crippen molar-refractivity contribution in [2.75, 3.05) is 6.54 Å². The fourth-order valence-corrected chi connectivity index (χ4v) is 2.54. The van der Waals surface area contributed by atoms with E-state index in [0.717, 1.165) is 10.0 Å². The van der Waals surface area contributed by atoms with Crippen molar-refractivity contribution in [3.8, 4) is 17.0 Å². The average molecular weight is 402 g/mol. The number of fused-ring (bicyclic) bond motifs is 1. The van der Waals surface area contributed by atoms with Crippen LogP contribution in [0.4, 0.5) is 0 Å². The van der Waals surface area contributed by atoms with Gasteiger partial charge in [0, 0.05) is 15.4 Å². The minimum absolute atomic E-state index is 0.244. The van der Waals surface area contributed by atoms with Gasteiger partial charge in [-0.15, -0.1) is 0 Å². The van der Waals surface area contributed by atoms with Crippen LogP contribution in [0.15, 0.2) is 47.1 Å². The Bertz CT molecular complexity index is 974. The number of aromatic hydroxyl groups is 1. The zero-order chi connectivity index (χ0) is 18.0. The molecule has 3 N–H and O–H groups in total. The average Bonchev–Trinajstić information content (AvgIpc) is 2.60. The highest BCUT2D eigenvalue weighted by molar-refractivity contribution is 9.10. The van der Waals surface area contributed by atoms with Gasteiger partial charge in [-0.05, 0) is 24.3 Å². The summed E-state index contributed by atoms with van der Waals surface area (Å²) in [5, 5.41) is 21.4. The molecule has 0 saturated carbocycles. The topological polar surface area (TPSA) is 112 Å². The summed E-state index contributed by atoms with van der Waals surface area (Å²) >= 11 is 3.37. The molecular weight excluding hydrogens is 390 g/mol. The normalized spacial score (nSPS) is 10.6. The van der Waals surface area contributed by atoms with Crippen molar-refractivity contribution in [2.24, 2.45) is 0 Å². The van der Waals surface area contributed by atoms with Gasteiger partial charge < -0.3 is 15.5 Å².